The van der Waals surface area contributed by atoms with Gasteiger partial charge in [-0.1, -0.05) is 11.3 Å². The zero-order valence-corrected chi connectivity index (χ0v) is 14.2. The highest BCUT2D eigenvalue weighted by molar-refractivity contribution is 7.17. The fourth-order valence-corrected chi connectivity index (χ4v) is 3.57. The number of likely N-dealkylation sites (tertiary alicyclic amines) is 1. The summed E-state index contributed by atoms with van der Waals surface area (Å²) in [6, 6.07) is 2.84. The second kappa shape index (κ2) is 7.08. The van der Waals surface area contributed by atoms with Crippen LogP contribution in [0, 0.1) is 10.1 Å². The summed E-state index contributed by atoms with van der Waals surface area (Å²) in [6.45, 7) is 5.52. The molecular weight excluding hydrogens is 320 g/mol. The van der Waals surface area contributed by atoms with E-state index in [0.717, 1.165) is 30.6 Å². The number of esters is 1. The number of piperidine rings is 1. The summed E-state index contributed by atoms with van der Waals surface area (Å²) in [6.07, 6.45) is 2.05. The standard InChI is InChI=1S/C15H20N2O5S/c1-9-5-4-6-10(2)16(9)14(18)11(3)22-15(19)12-7-8-13(23-12)17(20)21/h7-11H,4-6H2,1-3H3/t9-,10-,11-/m1/s1. The van der Waals surface area contributed by atoms with Crippen LogP contribution in [0.25, 0.3) is 0 Å². The van der Waals surface area contributed by atoms with Crippen LogP contribution in [0.4, 0.5) is 5.00 Å². The van der Waals surface area contributed by atoms with E-state index in [0.29, 0.717) is 0 Å². The maximum atomic E-state index is 12.5. The Labute approximate surface area is 138 Å². The van der Waals surface area contributed by atoms with Gasteiger partial charge < -0.3 is 9.64 Å². The molecule has 1 saturated heterocycles. The number of hydrogen-bond acceptors (Lipinski definition) is 6. The summed E-state index contributed by atoms with van der Waals surface area (Å²) in [7, 11) is 0. The van der Waals surface area contributed by atoms with Gasteiger partial charge in [0.1, 0.15) is 4.88 Å². The van der Waals surface area contributed by atoms with Crippen LogP contribution in [0.3, 0.4) is 0 Å². The number of nitro groups is 1. The van der Waals surface area contributed by atoms with Crippen molar-refractivity contribution in [3.05, 3.63) is 27.1 Å². The largest absolute Gasteiger partial charge is 0.448 e. The molecule has 126 valence electrons. The fraction of sp³-hybridized carbons (Fsp3) is 0.600. The van der Waals surface area contributed by atoms with E-state index in [-0.39, 0.29) is 27.9 Å². The molecule has 0 unspecified atom stereocenters. The van der Waals surface area contributed by atoms with Gasteiger partial charge in [0.25, 0.3) is 5.91 Å². The average Bonchev–Trinajstić information content (AvgIpc) is 2.96. The van der Waals surface area contributed by atoms with Crippen molar-refractivity contribution >= 4 is 28.2 Å². The molecule has 23 heavy (non-hydrogen) atoms. The molecule has 1 aromatic heterocycles. The summed E-state index contributed by atoms with van der Waals surface area (Å²) < 4.78 is 5.20. The Morgan fingerprint density at radius 2 is 1.96 bits per heavy atom. The smallest absolute Gasteiger partial charge is 0.349 e. The van der Waals surface area contributed by atoms with Gasteiger partial charge in [-0.15, -0.1) is 0 Å². The molecule has 1 fully saturated rings. The molecule has 2 rings (SSSR count). The van der Waals surface area contributed by atoms with Crippen LogP contribution >= 0.6 is 11.3 Å². The van der Waals surface area contributed by atoms with Crippen LogP contribution in [-0.4, -0.2) is 39.9 Å². The molecule has 8 heteroatoms. The molecule has 0 aliphatic carbocycles. The molecule has 0 N–H and O–H groups in total. The summed E-state index contributed by atoms with van der Waals surface area (Å²) in [5.41, 5.74) is 0. The van der Waals surface area contributed by atoms with E-state index in [1.807, 2.05) is 13.8 Å². The zero-order chi connectivity index (χ0) is 17.1. The third kappa shape index (κ3) is 3.87. The van der Waals surface area contributed by atoms with E-state index < -0.39 is 17.0 Å². The van der Waals surface area contributed by atoms with Crippen LogP contribution in [0.15, 0.2) is 12.1 Å². The minimum absolute atomic E-state index is 0.121. The highest BCUT2D eigenvalue weighted by Gasteiger charge is 2.33. The summed E-state index contributed by atoms with van der Waals surface area (Å²) in [4.78, 5) is 36.6. The Morgan fingerprint density at radius 3 is 2.48 bits per heavy atom. The molecule has 2 heterocycles. The molecule has 7 nitrogen and oxygen atoms in total. The molecule has 3 atom stereocenters. The molecule has 0 bridgehead atoms. The maximum Gasteiger partial charge on any atom is 0.349 e. The van der Waals surface area contributed by atoms with Gasteiger partial charge in [-0.3, -0.25) is 14.9 Å². The Bertz CT molecular complexity index is 605. The molecule has 1 aromatic rings. The number of nitrogens with zero attached hydrogens (tertiary/aromatic N) is 2. The molecule has 1 aliphatic heterocycles. The van der Waals surface area contributed by atoms with Crippen molar-refractivity contribution in [2.75, 3.05) is 0 Å². The van der Waals surface area contributed by atoms with E-state index >= 15 is 0 Å². The van der Waals surface area contributed by atoms with Crippen molar-refractivity contribution < 1.29 is 19.2 Å². The van der Waals surface area contributed by atoms with Crippen molar-refractivity contribution in [1.82, 2.24) is 4.90 Å². The van der Waals surface area contributed by atoms with Crippen molar-refractivity contribution in [2.24, 2.45) is 0 Å². The van der Waals surface area contributed by atoms with Gasteiger partial charge in [0, 0.05) is 18.2 Å². The summed E-state index contributed by atoms with van der Waals surface area (Å²) in [5.74, 6) is -0.926. The van der Waals surface area contributed by atoms with Gasteiger partial charge in [-0.05, 0) is 46.1 Å². The summed E-state index contributed by atoms with van der Waals surface area (Å²) in [5, 5.41) is 10.5. The first-order valence-electron chi connectivity index (χ1n) is 7.58. The van der Waals surface area contributed by atoms with Gasteiger partial charge in [0.05, 0.1) is 4.92 Å². The average molecular weight is 340 g/mol. The molecule has 1 amide bonds. The number of rotatable bonds is 4. The maximum absolute atomic E-state index is 12.5. The number of carbonyl (C=O) groups is 2. The van der Waals surface area contributed by atoms with Crippen molar-refractivity contribution in [3.63, 3.8) is 0 Å². The van der Waals surface area contributed by atoms with Crippen molar-refractivity contribution in [2.45, 2.75) is 58.2 Å². The quantitative estimate of drug-likeness (QED) is 0.477. The second-order valence-electron chi connectivity index (χ2n) is 5.82. The SMILES string of the molecule is C[C@@H]1CCC[C@@H](C)N1C(=O)[C@@H](C)OC(=O)c1ccc([N+](=O)[O-])s1. The van der Waals surface area contributed by atoms with Gasteiger partial charge in [-0.2, -0.15) is 0 Å². The number of carbonyl (C=O) groups excluding carboxylic acids is 2. The van der Waals surface area contributed by atoms with E-state index in [2.05, 4.69) is 0 Å². The number of hydrogen-bond donors (Lipinski definition) is 0. The Morgan fingerprint density at radius 1 is 1.35 bits per heavy atom. The van der Waals surface area contributed by atoms with E-state index in [9.17, 15) is 19.7 Å². The minimum atomic E-state index is -0.911. The van der Waals surface area contributed by atoms with Crippen LogP contribution < -0.4 is 0 Å². The lowest BCUT2D eigenvalue weighted by Crippen LogP contribution is -2.51. The van der Waals surface area contributed by atoms with Crippen molar-refractivity contribution in [3.8, 4) is 0 Å². The third-order valence-electron chi connectivity index (χ3n) is 4.05. The Balaban J connectivity index is 2.02. The first-order chi connectivity index (χ1) is 10.8. The third-order valence-corrected chi connectivity index (χ3v) is 5.07. The lowest BCUT2D eigenvalue weighted by atomic mass is 9.97. The molecule has 0 saturated carbocycles. The number of thiophene rings is 1. The minimum Gasteiger partial charge on any atom is -0.448 e. The lowest BCUT2D eigenvalue weighted by Gasteiger charge is -2.40. The van der Waals surface area contributed by atoms with Gasteiger partial charge in [0.15, 0.2) is 6.10 Å². The van der Waals surface area contributed by atoms with Crippen LogP contribution in [0.5, 0.6) is 0 Å². The topological polar surface area (TPSA) is 89.8 Å². The number of amides is 1. The highest BCUT2D eigenvalue weighted by atomic mass is 32.1. The molecule has 1 aliphatic rings. The zero-order valence-electron chi connectivity index (χ0n) is 13.4. The predicted octanol–water partition coefficient (Wildman–Crippen LogP) is 2.99. The molecule has 0 aromatic carbocycles. The van der Waals surface area contributed by atoms with Gasteiger partial charge in [-0.25, -0.2) is 4.79 Å². The highest BCUT2D eigenvalue weighted by Crippen LogP contribution is 2.26. The summed E-state index contributed by atoms with van der Waals surface area (Å²) >= 11 is 0.741. The normalized spacial score (nSPS) is 22.5. The van der Waals surface area contributed by atoms with Crippen LogP contribution in [-0.2, 0) is 9.53 Å². The van der Waals surface area contributed by atoms with Crippen molar-refractivity contribution in [1.29, 1.82) is 0 Å². The Hall–Kier alpha value is -1.96. The van der Waals surface area contributed by atoms with E-state index in [4.69, 9.17) is 4.74 Å². The fourth-order valence-electron chi connectivity index (χ4n) is 2.87. The Kier molecular flexibility index (Phi) is 5.35. The molecule has 0 radical (unpaired) electrons. The first-order valence-corrected chi connectivity index (χ1v) is 8.40. The predicted molar refractivity (Wildman–Crippen MR) is 85.5 cm³/mol. The van der Waals surface area contributed by atoms with E-state index in [1.54, 1.807) is 4.90 Å². The van der Waals surface area contributed by atoms with Crippen LogP contribution in [0.2, 0.25) is 0 Å². The van der Waals surface area contributed by atoms with Gasteiger partial charge in [0.2, 0.25) is 0 Å². The number of ether oxygens (including phenoxy) is 1. The first kappa shape index (κ1) is 17.4. The second-order valence-corrected chi connectivity index (χ2v) is 6.88. The van der Waals surface area contributed by atoms with Gasteiger partial charge >= 0.3 is 11.0 Å². The van der Waals surface area contributed by atoms with Crippen LogP contribution in [0.1, 0.15) is 49.7 Å². The molecule has 0 spiro atoms. The lowest BCUT2D eigenvalue weighted by molar-refractivity contribution is -0.380. The monoisotopic (exact) mass is 340 g/mol. The molecular formula is C15H20N2O5S. The van der Waals surface area contributed by atoms with E-state index in [1.165, 1.54) is 19.1 Å².